The lowest BCUT2D eigenvalue weighted by molar-refractivity contribution is -0.274. The molecule has 98 valence electrons. The molecule has 1 aromatic rings. The van der Waals surface area contributed by atoms with Gasteiger partial charge in [-0.2, -0.15) is 0 Å². The molecule has 1 rings (SSSR count). The fourth-order valence-corrected chi connectivity index (χ4v) is 1.62. The molecule has 18 heavy (non-hydrogen) atoms. The highest BCUT2D eigenvalue weighted by atomic mass is 79.9. The number of hydrogen-bond donors (Lipinski definition) is 1. The Labute approximate surface area is 109 Å². The van der Waals surface area contributed by atoms with E-state index in [0.29, 0.717) is 10.0 Å². The number of carboxylic acids is 1. The van der Waals surface area contributed by atoms with Crippen LogP contribution < -0.4 is 4.74 Å². The Kier molecular flexibility index (Phi) is 4.77. The van der Waals surface area contributed by atoms with E-state index >= 15 is 0 Å². The predicted octanol–water partition coefficient (Wildman–Crippen LogP) is 3.84. The Hall–Kier alpha value is -1.50. The van der Waals surface area contributed by atoms with Crippen LogP contribution in [0.1, 0.15) is 12.0 Å². The highest BCUT2D eigenvalue weighted by Crippen LogP contribution is 2.28. The number of alkyl halides is 3. The van der Waals surface area contributed by atoms with Crippen molar-refractivity contribution in [2.24, 2.45) is 0 Å². The molecule has 0 amide bonds. The van der Waals surface area contributed by atoms with Gasteiger partial charge in [0, 0.05) is 4.47 Å². The Morgan fingerprint density at radius 1 is 1.44 bits per heavy atom. The number of rotatable bonds is 4. The van der Waals surface area contributed by atoms with Crippen molar-refractivity contribution in [2.75, 3.05) is 0 Å². The predicted molar refractivity (Wildman–Crippen MR) is 62.1 cm³/mol. The molecule has 0 bridgehead atoms. The van der Waals surface area contributed by atoms with E-state index < -0.39 is 12.3 Å². The van der Waals surface area contributed by atoms with Gasteiger partial charge in [-0.15, -0.1) is 13.2 Å². The van der Waals surface area contributed by atoms with Crippen LogP contribution in [-0.2, 0) is 4.79 Å². The number of ether oxygens (including phenoxy) is 1. The van der Waals surface area contributed by atoms with Crippen LogP contribution in [0.15, 0.2) is 28.7 Å². The SMILES string of the molecule is O=C(O)CC=Cc1ccc(OC(F)(F)F)cc1Br. The lowest BCUT2D eigenvalue weighted by Gasteiger charge is -2.09. The molecular weight excluding hydrogens is 317 g/mol. The molecule has 0 aromatic heterocycles. The van der Waals surface area contributed by atoms with E-state index in [4.69, 9.17) is 5.11 Å². The van der Waals surface area contributed by atoms with Crippen molar-refractivity contribution in [3.8, 4) is 5.75 Å². The molecule has 0 aliphatic carbocycles. The van der Waals surface area contributed by atoms with Crippen molar-refractivity contribution in [1.82, 2.24) is 0 Å². The zero-order chi connectivity index (χ0) is 13.8. The van der Waals surface area contributed by atoms with Gasteiger partial charge in [0.15, 0.2) is 0 Å². The number of carboxylic acid groups (broad SMARTS) is 1. The summed E-state index contributed by atoms with van der Waals surface area (Å²) < 4.78 is 40.0. The zero-order valence-corrected chi connectivity index (χ0v) is 10.5. The number of benzene rings is 1. The normalized spacial score (nSPS) is 11.8. The standard InChI is InChI=1S/C11H8BrF3O3/c12-9-6-8(18-11(13,14)15)5-4-7(9)2-1-3-10(16)17/h1-2,4-6H,3H2,(H,16,17). The lowest BCUT2D eigenvalue weighted by atomic mass is 10.2. The number of hydrogen-bond acceptors (Lipinski definition) is 2. The van der Waals surface area contributed by atoms with Crippen LogP contribution in [-0.4, -0.2) is 17.4 Å². The fourth-order valence-electron chi connectivity index (χ4n) is 1.13. The summed E-state index contributed by atoms with van der Waals surface area (Å²) in [6, 6.07) is 3.70. The van der Waals surface area contributed by atoms with Gasteiger partial charge in [0.25, 0.3) is 0 Å². The van der Waals surface area contributed by atoms with E-state index in [1.807, 2.05) is 0 Å². The number of halogens is 4. The van der Waals surface area contributed by atoms with Crippen molar-refractivity contribution in [2.45, 2.75) is 12.8 Å². The summed E-state index contributed by atoms with van der Waals surface area (Å²) in [6.07, 6.45) is -2.00. The van der Waals surface area contributed by atoms with Crippen molar-refractivity contribution < 1.29 is 27.8 Å². The molecule has 7 heteroatoms. The summed E-state index contributed by atoms with van der Waals surface area (Å²) in [5, 5.41) is 8.42. The van der Waals surface area contributed by atoms with Crippen LogP contribution in [0.5, 0.6) is 5.75 Å². The van der Waals surface area contributed by atoms with Crippen molar-refractivity contribution in [1.29, 1.82) is 0 Å². The molecular formula is C11H8BrF3O3. The maximum atomic E-state index is 11.9. The molecule has 0 heterocycles. The molecule has 0 aliphatic rings. The van der Waals surface area contributed by atoms with E-state index in [-0.39, 0.29) is 12.2 Å². The topological polar surface area (TPSA) is 46.5 Å². The number of aliphatic carboxylic acids is 1. The van der Waals surface area contributed by atoms with Crippen LogP contribution in [0, 0.1) is 0 Å². The highest BCUT2D eigenvalue weighted by molar-refractivity contribution is 9.10. The average Bonchev–Trinajstić information content (AvgIpc) is 2.18. The Morgan fingerprint density at radius 3 is 2.61 bits per heavy atom. The minimum Gasteiger partial charge on any atom is -0.481 e. The molecule has 0 spiro atoms. The van der Waals surface area contributed by atoms with E-state index in [1.54, 1.807) is 0 Å². The minimum absolute atomic E-state index is 0.159. The van der Waals surface area contributed by atoms with Crippen LogP contribution in [0.4, 0.5) is 13.2 Å². The third-order valence-electron chi connectivity index (χ3n) is 1.80. The zero-order valence-electron chi connectivity index (χ0n) is 8.87. The molecule has 0 saturated heterocycles. The first-order valence-corrected chi connectivity index (χ1v) is 5.51. The molecule has 0 unspecified atom stereocenters. The van der Waals surface area contributed by atoms with Gasteiger partial charge in [-0.25, -0.2) is 0 Å². The van der Waals surface area contributed by atoms with Gasteiger partial charge >= 0.3 is 12.3 Å². The molecule has 0 saturated carbocycles. The second-order valence-electron chi connectivity index (χ2n) is 3.23. The average molecular weight is 325 g/mol. The molecule has 3 nitrogen and oxygen atoms in total. The monoisotopic (exact) mass is 324 g/mol. The molecule has 1 N–H and O–H groups in total. The maximum absolute atomic E-state index is 11.9. The first-order chi connectivity index (χ1) is 8.28. The maximum Gasteiger partial charge on any atom is 0.573 e. The minimum atomic E-state index is -4.74. The van der Waals surface area contributed by atoms with Gasteiger partial charge in [0.2, 0.25) is 0 Å². The summed E-state index contributed by atoms with van der Waals surface area (Å²) in [7, 11) is 0. The third-order valence-corrected chi connectivity index (χ3v) is 2.48. The molecule has 1 aromatic carbocycles. The van der Waals surface area contributed by atoms with E-state index in [1.165, 1.54) is 18.2 Å². The molecule has 0 aliphatic heterocycles. The summed E-state index contributed by atoms with van der Waals surface area (Å²) in [6.45, 7) is 0. The van der Waals surface area contributed by atoms with Gasteiger partial charge in [0.1, 0.15) is 5.75 Å². The molecule has 0 radical (unpaired) electrons. The van der Waals surface area contributed by atoms with E-state index in [2.05, 4.69) is 20.7 Å². The van der Waals surface area contributed by atoms with E-state index in [0.717, 1.165) is 12.1 Å². The van der Waals surface area contributed by atoms with Crippen molar-refractivity contribution in [3.05, 3.63) is 34.3 Å². The van der Waals surface area contributed by atoms with Gasteiger partial charge in [-0.1, -0.05) is 34.1 Å². The first-order valence-electron chi connectivity index (χ1n) is 4.71. The van der Waals surface area contributed by atoms with Gasteiger partial charge in [-0.3, -0.25) is 4.79 Å². The Morgan fingerprint density at radius 2 is 2.11 bits per heavy atom. The summed E-state index contributed by atoms with van der Waals surface area (Å²) >= 11 is 3.08. The summed E-state index contributed by atoms with van der Waals surface area (Å²) in [4.78, 5) is 10.3. The Bertz CT molecular complexity index is 469. The van der Waals surface area contributed by atoms with Crippen molar-refractivity contribution >= 4 is 28.0 Å². The van der Waals surface area contributed by atoms with Crippen LogP contribution in [0.3, 0.4) is 0 Å². The number of carbonyl (C=O) groups is 1. The van der Waals surface area contributed by atoms with Gasteiger partial charge in [-0.05, 0) is 17.7 Å². The second-order valence-corrected chi connectivity index (χ2v) is 4.09. The molecule has 0 atom stereocenters. The molecule has 0 fully saturated rings. The quantitative estimate of drug-likeness (QED) is 0.915. The van der Waals surface area contributed by atoms with Gasteiger partial charge in [0.05, 0.1) is 6.42 Å². The van der Waals surface area contributed by atoms with Crippen LogP contribution in [0.25, 0.3) is 6.08 Å². The summed E-state index contributed by atoms with van der Waals surface area (Å²) in [5.74, 6) is -1.33. The second kappa shape index (κ2) is 5.90. The third kappa shape index (κ3) is 5.22. The van der Waals surface area contributed by atoms with Gasteiger partial charge < -0.3 is 9.84 Å². The van der Waals surface area contributed by atoms with E-state index in [9.17, 15) is 18.0 Å². The smallest absolute Gasteiger partial charge is 0.481 e. The van der Waals surface area contributed by atoms with Crippen molar-refractivity contribution in [3.63, 3.8) is 0 Å². The largest absolute Gasteiger partial charge is 0.573 e. The highest BCUT2D eigenvalue weighted by Gasteiger charge is 2.31. The Balaban J connectivity index is 2.80. The summed E-state index contributed by atoms with van der Waals surface area (Å²) in [5.41, 5.74) is 0.561. The lowest BCUT2D eigenvalue weighted by Crippen LogP contribution is -2.17. The van der Waals surface area contributed by atoms with Crippen LogP contribution in [0.2, 0.25) is 0 Å². The first kappa shape index (κ1) is 14.6. The fraction of sp³-hybridized carbons (Fsp3) is 0.182. The van der Waals surface area contributed by atoms with Crippen LogP contribution >= 0.6 is 15.9 Å².